The van der Waals surface area contributed by atoms with Gasteiger partial charge in [-0.05, 0) is 13.8 Å². The van der Waals surface area contributed by atoms with Gasteiger partial charge in [0.05, 0.1) is 12.2 Å². The summed E-state index contributed by atoms with van der Waals surface area (Å²) in [5.74, 6) is -0.650. The number of ether oxygens (including phenoxy) is 3. The van der Waals surface area contributed by atoms with E-state index in [2.05, 4.69) is 13.2 Å². The van der Waals surface area contributed by atoms with Crippen molar-refractivity contribution in [2.24, 2.45) is 0 Å². The molecule has 0 radical (unpaired) electrons. The number of hydrogen-bond donors (Lipinski definition) is 0. The molecule has 0 aromatic carbocycles. The van der Waals surface area contributed by atoms with Crippen LogP contribution in [0.1, 0.15) is 40.5 Å². The van der Waals surface area contributed by atoms with Gasteiger partial charge in [-0.2, -0.15) is 0 Å². The van der Waals surface area contributed by atoms with Crippen molar-refractivity contribution in [3.8, 4) is 0 Å². The van der Waals surface area contributed by atoms with Gasteiger partial charge in [-0.3, -0.25) is 9.59 Å². The molecule has 120 valence electrons. The molecule has 0 rings (SSSR count). The van der Waals surface area contributed by atoms with Gasteiger partial charge in [0.15, 0.2) is 0 Å². The molecule has 5 nitrogen and oxygen atoms in total. The monoisotopic (exact) mass is 298 g/mol. The maximum absolute atomic E-state index is 10.9. The Kier molecular flexibility index (Phi) is 9.37. The second kappa shape index (κ2) is 10.2. The Labute approximate surface area is 126 Å². The van der Waals surface area contributed by atoms with Crippen molar-refractivity contribution < 1.29 is 23.8 Å². The molecule has 0 bridgehead atoms. The number of hydrogen-bond acceptors (Lipinski definition) is 5. The minimum Gasteiger partial charge on any atom is -0.463 e. The Morgan fingerprint density at radius 2 is 1.24 bits per heavy atom. The lowest BCUT2D eigenvalue weighted by molar-refractivity contribution is -0.147. The van der Waals surface area contributed by atoms with Crippen molar-refractivity contribution in [2.75, 3.05) is 0 Å². The molecule has 0 amide bonds. The topological polar surface area (TPSA) is 61.8 Å². The highest BCUT2D eigenvalue weighted by Gasteiger charge is 2.19. The molecule has 0 saturated heterocycles. The quantitative estimate of drug-likeness (QED) is 0.458. The summed E-state index contributed by atoms with van der Waals surface area (Å²) >= 11 is 0. The number of carbonyl (C=O) groups is 2. The molecule has 0 heterocycles. The minimum absolute atomic E-state index is 0.262. The molecule has 0 aliphatic carbocycles. The highest BCUT2D eigenvalue weighted by Crippen LogP contribution is 2.15. The standard InChI is InChI=1S/C16H26O5/c1-7-15(9-11(3)19-13(5)17)21-16(8-2)10-12(4)20-14(6)18/h7-8,11-12,15-16H,1-2,9-10H2,3-6H3. The van der Waals surface area contributed by atoms with Crippen molar-refractivity contribution in [2.45, 2.75) is 65.0 Å². The zero-order valence-electron chi connectivity index (χ0n) is 13.3. The highest BCUT2D eigenvalue weighted by atomic mass is 16.6. The second-order valence-corrected chi connectivity index (χ2v) is 5.00. The Bertz CT molecular complexity index is 330. The largest absolute Gasteiger partial charge is 0.463 e. The van der Waals surface area contributed by atoms with E-state index in [1.807, 2.05) is 0 Å². The molecular formula is C16H26O5. The summed E-state index contributed by atoms with van der Waals surface area (Å²) in [6.45, 7) is 13.8. The lowest BCUT2D eigenvalue weighted by Gasteiger charge is -2.24. The molecule has 4 atom stereocenters. The molecule has 4 unspecified atom stereocenters. The first-order valence-corrected chi connectivity index (χ1v) is 7.03. The van der Waals surface area contributed by atoms with Crippen LogP contribution >= 0.6 is 0 Å². The summed E-state index contributed by atoms with van der Waals surface area (Å²) in [6.07, 6.45) is 3.27. The van der Waals surface area contributed by atoms with Gasteiger partial charge in [0, 0.05) is 26.7 Å². The van der Waals surface area contributed by atoms with Gasteiger partial charge in [0.2, 0.25) is 0 Å². The fraction of sp³-hybridized carbons (Fsp3) is 0.625. The van der Waals surface area contributed by atoms with E-state index >= 15 is 0 Å². The fourth-order valence-corrected chi connectivity index (χ4v) is 1.96. The van der Waals surface area contributed by atoms with Crippen LogP contribution < -0.4 is 0 Å². The molecular weight excluding hydrogens is 272 g/mol. The van der Waals surface area contributed by atoms with Crippen LogP contribution in [0.25, 0.3) is 0 Å². The zero-order chi connectivity index (χ0) is 16.4. The number of esters is 2. The van der Waals surface area contributed by atoms with E-state index < -0.39 is 0 Å². The van der Waals surface area contributed by atoms with Crippen LogP contribution in [0, 0.1) is 0 Å². The van der Waals surface area contributed by atoms with Crippen LogP contribution in [0.15, 0.2) is 25.3 Å². The molecule has 0 saturated carbocycles. The first-order chi connectivity index (χ1) is 9.78. The van der Waals surface area contributed by atoms with Crippen LogP contribution in [-0.4, -0.2) is 36.4 Å². The first kappa shape index (κ1) is 19.4. The van der Waals surface area contributed by atoms with E-state index in [-0.39, 0.29) is 36.4 Å². The predicted molar refractivity (Wildman–Crippen MR) is 80.7 cm³/mol. The van der Waals surface area contributed by atoms with E-state index in [0.29, 0.717) is 12.8 Å². The molecule has 0 N–H and O–H groups in total. The van der Waals surface area contributed by atoms with Crippen LogP contribution in [-0.2, 0) is 23.8 Å². The van der Waals surface area contributed by atoms with E-state index in [0.717, 1.165) is 0 Å². The van der Waals surface area contributed by atoms with E-state index in [9.17, 15) is 9.59 Å². The first-order valence-electron chi connectivity index (χ1n) is 7.03. The summed E-state index contributed by atoms with van der Waals surface area (Å²) in [7, 11) is 0. The molecule has 0 aromatic rings. The lowest BCUT2D eigenvalue weighted by Crippen LogP contribution is -2.28. The summed E-state index contributed by atoms with van der Waals surface area (Å²) in [5, 5.41) is 0. The third-order valence-corrected chi connectivity index (χ3v) is 2.74. The Balaban J connectivity index is 4.40. The average Bonchev–Trinajstić information content (AvgIpc) is 2.34. The smallest absolute Gasteiger partial charge is 0.302 e. The van der Waals surface area contributed by atoms with Crippen molar-refractivity contribution >= 4 is 11.9 Å². The number of carbonyl (C=O) groups excluding carboxylic acids is 2. The normalized spacial score (nSPS) is 16.2. The Morgan fingerprint density at radius 1 is 0.905 bits per heavy atom. The summed E-state index contributed by atoms with van der Waals surface area (Å²) in [4.78, 5) is 21.8. The van der Waals surface area contributed by atoms with Crippen LogP contribution in [0.3, 0.4) is 0 Å². The van der Waals surface area contributed by atoms with Crippen LogP contribution in [0.5, 0.6) is 0 Å². The highest BCUT2D eigenvalue weighted by molar-refractivity contribution is 5.66. The van der Waals surface area contributed by atoms with Crippen molar-refractivity contribution in [1.82, 2.24) is 0 Å². The summed E-state index contributed by atoms with van der Waals surface area (Å²) in [5.41, 5.74) is 0. The molecule has 0 aromatic heterocycles. The third kappa shape index (κ3) is 9.85. The van der Waals surface area contributed by atoms with Crippen molar-refractivity contribution in [3.05, 3.63) is 25.3 Å². The Hall–Kier alpha value is -1.62. The third-order valence-electron chi connectivity index (χ3n) is 2.74. The SMILES string of the molecule is C=CC(CC(C)OC(C)=O)OC(C=C)CC(C)OC(C)=O. The van der Waals surface area contributed by atoms with Crippen molar-refractivity contribution in [3.63, 3.8) is 0 Å². The van der Waals surface area contributed by atoms with Gasteiger partial charge in [0.1, 0.15) is 12.2 Å². The van der Waals surface area contributed by atoms with Crippen molar-refractivity contribution in [1.29, 1.82) is 0 Å². The van der Waals surface area contributed by atoms with Gasteiger partial charge in [-0.15, -0.1) is 13.2 Å². The number of rotatable bonds is 10. The lowest BCUT2D eigenvalue weighted by atomic mass is 10.1. The van der Waals surface area contributed by atoms with Gasteiger partial charge >= 0.3 is 11.9 Å². The predicted octanol–water partition coefficient (Wildman–Crippen LogP) is 2.80. The molecule has 0 aliphatic heterocycles. The minimum atomic E-state index is -0.325. The summed E-state index contributed by atoms with van der Waals surface area (Å²) < 4.78 is 16.0. The fourth-order valence-electron chi connectivity index (χ4n) is 1.96. The van der Waals surface area contributed by atoms with Gasteiger partial charge in [-0.25, -0.2) is 0 Å². The molecule has 0 spiro atoms. The molecule has 21 heavy (non-hydrogen) atoms. The maximum Gasteiger partial charge on any atom is 0.302 e. The van der Waals surface area contributed by atoms with Gasteiger partial charge in [-0.1, -0.05) is 12.2 Å². The maximum atomic E-state index is 10.9. The second-order valence-electron chi connectivity index (χ2n) is 5.00. The average molecular weight is 298 g/mol. The zero-order valence-corrected chi connectivity index (χ0v) is 13.3. The van der Waals surface area contributed by atoms with Crippen LogP contribution in [0.2, 0.25) is 0 Å². The van der Waals surface area contributed by atoms with Gasteiger partial charge in [0.25, 0.3) is 0 Å². The molecule has 0 fully saturated rings. The van der Waals surface area contributed by atoms with E-state index in [1.165, 1.54) is 13.8 Å². The molecule has 0 aliphatic rings. The van der Waals surface area contributed by atoms with Gasteiger partial charge < -0.3 is 14.2 Å². The Morgan fingerprint density at radius 3 is 1.48 bits per heavy atom. The summed E-state index contributed by atoms with van der Waals surface area (Å²) in [6, 6.07) is 0. The van der Waals surface area contributed by atoms with E-state index in [1.54, 1.807) is 26.0 Å². The van der Waals surface area contributed by atoms with Crippen LogP contribution in [0.4, 0.5) is 0 Å². The van der Waals surface area contributed by atoms with E-state index in [4.69, 9.17) is 14.2 Å². The molecule has 5 heteroatoms.